The van der Waals surface area contributed by atoms with Crippen molar-refractivity contribution in [2.45, 2.75) is 31.4 Å². The van der Waals surface area contributed by atoms with Crippen LogP contribution in [-0.4, -0.2) is 43.3 Å². The monoisotopic (exact) mass is 197 g/mol. The van der Waals surface area contributed by atoms with Crippen molar-refractivity contribution in [1.29, 1.82) is 5.26 Å². The molecule has 0 amide bonds. The Morgan fingerprint density at radius 1 is 1.71 bits per heavy atom. The largest absolute Gasteiger partial charge is 0.380 e. The van der Waals surface area contributed by atoms with Crippen LogP contribution in [0, 0.1) is 11.3 Å². The van der Waals surface area contributed by atoms with Gasteiger partial charge in [0.15, 0.2) is 0 Å². The molecule has 1 saturated heterocycles. The molecule has 2 atom stereocenters. The lowest BCUT2D eigenvalue weighted by molar-refractivity contribution is 0.107. The van der Waals surface area contributed by atoms with Gasteiger partial charge < -0.3 is 15.4 Å². The minimum Gasteiger partial charge on any atom is -0.380 e. The lowest BCUT2D eigenvalue weighted by Gasteiger charge is -2.20. The highest BCUT2D eigenvalue weighted by atomic mass is 16.5. The number of hydrogen-bond donors (Lipinski definition) is 1. The average Bonchev–Trinajstić information content (AvgIpc) is 2.63. The summed E-state index contributed by atoms with van der Waals surface area (Å²) in [4.78, 5) is 2.30. The van der Waals surface area contributed by atoms with Gasteiger partial charge in [0.25, 0.3) is 0 Å². The molecule has 0 saturated carbocycles. The Kier molecular flexibility index (Phi) is 3.87. The third kappa shape index (κ3) is 3.26. The second-order valence-corrected chi connectivity index (χ2v) is 4.23. The standard InChI is InChI=1S/C10H19N3O/c1-10(12,8-11)4-6-13-5-3-9(7-13)14-2/h9H,3-7,12H2,1-2H3. The summed E-state index contributed by atoms with van der Waals surface area (Å²) in [5, 5.41) is 8.75. The minimum atomic E-state index is -0.689. The van der Waals surface area contributed by atoms with Crippen molar-refractivity contribution in [1.82, 2.24) is 4.90 Å². The lowest BCUT2D eigenvalue weighted by atomic mass is 10.0. The Hall–Kier alpha value is -0.630. The van der Waals surface area contributed by atoms with Crippen molar-refractivity contribution in [3.05, 3.63) is 0 Å². The zero-order valence-corrected chi connectivity index (χ0v) is 8.99. The number of methoxy groups -OCH3 is 1. The summed E-state index contributed by atoms with van der Waals surface area (Å²) < 4.78 is 5.26. The van der Waals surface area contributed by atoms with Gasteiger partial charge in [-0.1, -0.05) is 0 Å². The number of nitrogens with two attached hydrogens (primary N) is 1. The number of hydrogen-bond acceptors (Lipinski definition) is 4. The van der Waals surface area contributed by atoms with Crippen LogP contribution in [0.2, 0.25) is 0 Å². The van der Waals surface area contributed by atoms with Gasteiger partial charge in [-0.15, -0.1) is 0 Å². The predicted octanol–water partition coefficient (Wildman–Crippen LogP) is 0.338. The first-order valence-electron chi connectivity index (χ1n) is 5.02. The van der Waals surface area contributed by atoms with Crippen LogP contribution in [0.15, 0.2) is 0 Å². The van der Waals surface area contributed by atoms with Crippen molar-refractivity contribution in [3.8, 4) is 6.07 Å². The average molecular weight is 197 g/mol. The number of nitriles is 1. The molecule has 1 heterocycles. The molecule has 80 valence electrons. The molecule has 0 aliphatic carbocycles. The Morgan fingerprint density at radius 3 is 2.93 bits per heavy atom. The summed E-state index contributed by atoms with van der Waals surface area (Å²) >= 11 is 0. The van der Waals surface area contributed by atoms with Crippen molar-refractivity contribution in [2.75, 3.05) is 26.7 Å². The third-order valence-corrected chi connectivity index (χ3v) is 2.77. The number of likely N-dealkylation sites (tertiary alicyclic amines) is 1. The fourth-order valence-electron chi connectivity index (χ4n) is 1.64. The van der Waals surface area contributed by atoms with Gasteiger partial charge in [0, 0.05) is 26.7 Å². The summed E-state index contributed by atoms with van der Waals surface area (Å²) in [7, 11) is 1.75. The van der Waals surface area contributed by atoms with Crippen molar-refractivity contribution in [2.24, 2.45) is 5.73 Å². The molecule has 1 aliphatic rings. The van der Waals surface area contributed by atoms with Crippen LogP contribution in [0.5, 0.6) is 0 Å². The van der Waals surface area contributed by atoms with Crippen LogP contribution in [0.3, 0.4) is 0 Å². The molecule has 4 nitrogen and oxygen atoms in total. The molecule has 2 unspecified atom stereocenters. The molecule has 1 rings (SSSR count). The van der Waals surface area contributed by atoms with E-state index in [1.807, 2.05) is 0 Å². The second kappa shape index (κ2) is 4.74. The number of nitrogens with zero attached hydrogens (tertiary/aromatic N) is 2. The van der Waals surface area contributed by atoms with Gasteiger partial charge in [0.2, 0.25) is 0 Å². The first kappa shape index (κ1) is 11.4. The Morgan fingerprint density at radius 2 is 2.43 bits per heavy atom. The second-order valence-electron chi connectivity index (χ2n) is 4.23. The van der Waals surface area contributed by atoms with E-state index in [0.717, 1.165) is 32.5 Å². The molecule has 1 aliphatic heterocycles. The van der Waals surface area contributed by atoms with Crippen LogP contribution < -0.4 is 5.73 Å². The molecule has 0 aromatic carbocycles. The maximum atomic E-state index is 8.75. The Balaban J connectivity index is 2.24. The van der Waals surface area contributed by atoms with Crippen LogP contribution in [0.4, 0.5) is 0 Å². The van der Waals surface area contributed by atoms with Crippen molar-refractivity contribution in [3.63, 3.8) is 0 Å². The SMILES string of the molecule is COC1CCN(CCC(C)(N)C#N)C1. The van der Waals surface area contributed by atoms with Gasteiger partial charge in [-0.25, -0.2) is 0 Å². The minimum absolute atomic E-state index is 0.362. The summed E-state index contributed by atoms with van der Waals surface area (Å²) in [5.74, 6) is 0. The third-order valence-electron chi connectivity index (χ3n) is 2.77. The zero-order valence-electron chi connectivity index (χ0n) is 8.99. The van der Waals surface area contributed by atoms with E-state index in [2.05, 4.69) is 11.0 Å². The quantitative estimate of drug-likeness (QED) is 0.706. The Labute approximate surface area is 85.6 Å². The molecule has 2 N–H and O–H groups in total. The fraction of sp³-hybridized carbons (Fsp3) is 0.900. The van der Waals surface area contributed by atoms with E-state index < -0.39 is 5.54 Å². The molecule has 14 heavy (non-hydrogen) atoms. The predicted molar refractivity (Wildman–Crippen MR) is 54.7 cm³/mol. The van der Waals surface area contributed by atoms with E-state index in [1.165, 1.54) is 0 Å². The molecule has 4 heteroatoms. The van der Waals surface area contributed by atoms with Crippen LogP contribution >= 0.6 is 0 Å². The fourth-order valence-corrected chi connectivity index (χ4v) is 1.64. The normalized spacial score (nSPS) is 27.1. The highest BCUT2D eigenvalue weighted by Gasteiger charge is 2.24. The first-order chi connectivity index (χ1) is 6.57. The molecule has 0 spiro atoms. The molecule has 0 aromatic heterocycles. The van der Waals surface area contributed by atoms with Gasteiger partial charge in [-0.2, -0.15) is 5.26 Å². The molecule has 1 fully saturated rings. The number of rotatable bonds is 4. The summed E-state index contributed by atoms with van der Waals surface area (Å²) in [6.45, 7) is 4.69. The van der Waals surface area contributed by atoms with Crippen LogP contribution in [0.25, 0.3) is 0 Å². The molecular formula is C10H19N3O. The summed E-state index contributed by atoms with van der Waals surface area (Å²) in [5.41, 5.74) is 5.05. The smallest absolute Gasteiger partial charge is 0.102 e. The lowest BCUT2D eigenvalue weighted by Crippen LogP contribution is -2.38. The maximum absolute atomic E-state index is 8.75. The van der Waals surface area contributed by atoms with Gasteiger partial charge in [-0.05, 0) is 19.8 Å². The van der Waals surface area contributed by atoms with Crippen molar-refractivity contribution >= 4 is 0 Å². The molecule has 0 radical (unpaired) electrons. The first-order valence-corrected chi connectivity index (χ1v) is 5.02. The van der Waals surface area contributed by atoms with E-state index in [1.54, 1.807) is 14.0 Å². The zero-order chi connectivity index (χ0) is 10.6. The molecule has 0 bridgehead atoms. The highest BCUT2D eigenvalue weighted by molar-refractivity contribution is 5.01. The van der Waals surface area contributed by atoms with Gasteiger partial charge in [-0.3, -0.25) is 0 Å². The van der Waals surface area contributed by atoms with Gasteiger partial charge in [0.1, 0.15) is 5.54 Å². The van der Waals surface area contributed by atoms with E-state index in [4.69, 9.17) is 15.7 Å². The highest BCUT2D eigenvalue weighted by Crippen LogP contribution is 2.14. The molecular weight excluding hydrogens is 178 g/mol. The topological polar surface area (TPSA) is 62.3 Å². The van der Waals surface area contributed by atoms with Crippen LogP contribution in [0.1, 0.15) is 19.8 Å². The van der Waals surface area contributed by atoms with E-state index in [9.17, 15) is 0 Å². The Bertz CT molecular complexity index is 222. The maximum Gasteiger partial charge on any atom is 0.102 e. The summed E-state index contributed by atoms with van der Waals surface area (Å²) in [6.07, 6.45) is 2.17. The summed E-state index contributed by atoms with van der Waals surface area (Å²) in [6, 6.07) is 2.11. The van der Waals surface area contributed by atoms with Gasteiger partial charge >= 0.3 is 0 Å². The van der Waals surface area contributed by atoms with Crippen molar-refractivity contribution < 1.29 is 4.74 Å². The number of ether oxygens (including phenoxy) is 1. The van der Waals surface area contributed by atoms with E-state index in [0.29, 0.717) is 6.10 Å². The van der Waals surface area contributed by atoms with E-state index >= 15 is 0 Å². The van der Waals surface area contributed by atoms with Gasteiger partial charge in [0.05, 0.1) is 12.2 Å². The molecule has 0 aromatic rings. The van der Waals surface area contributed by atoms with Crippen LogP contribution in [-0.2, 0) is 4.74 Å². The van der Waals surface area contributed by atoms with E-state index in [-0.39, 0.29) is 0 Å².